The number of carbonyl (C=O) groups is 1. The van der Waals surface area contributed by atoms with E-state index in [-0.39, 0.29) is 15.7 Å². The van der Waals surface area contributed by atoms with E-state index in [1.807, 2.05) is 0 Å². The van der Waals surface area contributed by atoms with Crippen LogP contribution in [-0.2, 0) is 9.22 Å². The lowest BCUT2D eigenvalue weighted by molar-refractivity contribution is -0.117. The molecule has 0 atom stereocenters. The molecule has 0 aliphatic rings. The average Bonchev–Trinajstić information content (AvgIpc) is 2.25. The molecule has 3 nitrogen and oxygen atoms in total. The summed E-state index contributed by atoms with van der Waals surface area (Å²) in [5.74, 6) is -0.0315. The molecule has 0 aromatic rings. The van der Waals surface area contributed by atoms with Crippen LogP contribution in [0.3, 0.4) is 0 Å². The van der Waals surface area contributed by atoms with Crippen molar-refractivity contribution in [1.29, 1.82) is 0 Å². The lowest BCUT2D eigenvalue weighted by Crippen LogP contribution is -2.25. The molecule has 0 aliphatic carbocycles. The molecule has 0 fully saturated rings. The van der Waals surface area contributed by atoms with Gasteiger partial charge in [0.05, 0.1) is 0 Å². The Morgan fingerprint density at radius 3 is 2.93 bits per heavy atom. The van der Waals surface area contributed by atoms with E-state index < -0.39 is 0 Å². The predicted molar refractivity (Wildman–Crippen MR) is 66.6 cm³/mol. The molecule has 1 N–H and O–H groups in total. The van der Waals surface area contributed by atoms with E-state index in [4.69, 9.17) is 4.43 Å². The number of rotatable bonds is 9. The number of hydrogen-bond donors (Lipinski definition) is 1. The standard InChI is InChI=1S/C11H21NO2Si/c1-4-5-7-10(2)11(13)12-8-6-9-15-14-3/h4H,1-2,5-9,15H2,3H3,(H,12,13). The molecule has 0 rings (SSSR count). The predicted octanol–water partition coefficient (Wildman–Crippen LogP) is 1.16. The third kappa shape index (κ3) is 8.14. The Bertz CT molecular complexity index is 217. The minimum atomic E-state index is -0.343. The highest BCUT2D eigenvalue weighted by molar-refractivity contribution is 6.26. The Kier molecular flexibility index (Phi) is 9.11. The zero-order valence-corrected chi connectivity index (χ0v) is 11.0. The van der Waals surface area contributed by atoms with Gasteiger partial charge in [-0.3, -0.25) is 4.79 Å². The fourth-order valence-electron chi connectivity index (χ4n) is 1.09. The number of hydrogen-bond acceptors (Lipinski definition) is 2. The van der Waals surface area contributed by atoms with Crippen LogP contribution in [0.1, 0.15) is 19.3 Å². The van der Waals surface area contributed by atoms with Crippen LogP contribution in [0.5, 0.6) is 0 Å². The SMILES string of the molecule is C=CCCC(=C)C(=O)NCCC[SiH2]OC. The third-order valence-corrected chi connectivity index (χ3v) is 3.23. The van der Waals surface area contributed by atoms with Gasteiger partial charge in [0.2, 0.25) is 5.91 Å². The topological polar surface area (TPSA) is 38.3 Å². The molecule has 0 heterocycles. The number of allylic oxidation sites excluding steroid dienone is 1. The highest BCUT2D eigenvalue weighted by Crippen LogP contribution is 2.02. The quantitative estimate of drug-likeness (QED) is 0.278. The Labute approximate surface area is 94.5 Å². The summed E-state index contributed by atoms with van der Waals surface area (Å²) in [6.45, 7) is 8.06. The first-order chi connectivity index (χ1) is 7.22. The van der Waals surface area contributed by atoms with Gasteiger partial charge in [0, 0.05) is 19.2 Å². The largest absolute Gasteiger partial charge is 0.427 e. The zero-order valence-electron chi connectivity index (χ0n) is 9.55. The Morgan fingerprint density at radius 2 is 2.33 bits per heavy atom. The van der Waals surface area contributed by atoms with Crippen LogP contribution in [-0.4, -0.2) is 29.3 Å². The van der Waals surface area contributed by atoms with Crippen molar-refractivity contribution in [3.63, 3.8) is 0 Å². The van der Waals surface area contributed by atoms with Gasteiger partial charge >= 0.3 is 0 Å². The van der Waals surface area contributed by atoms with Crippen molar-refractivity contribution in [1.82, 2.24) is 5.32 Å². The lowest BCUT2D eigenvalue weighted by Gasteiger charge is -2.06. The van der Waals surface area contributed by atoms with E-state index in [0.717, 1.165) is 25.4 Å². The normalized spacial score (nSPS) is 10.5. The molecule has 0 saturated heterocycles. The minimum Gasteiger partial charge on any atom is -0.427 e. The Hall–Kier alpha value is -0.873. The van der Waals surface area contributed by atoms with Gasteiger partial charge in [-0.25, -0.2) is 0 Å². The fraction of sp³-hybridized carbons (Fsp3) is 0.545. The van der Waals surface area contributed by atoms with E-state index in [2.05, 4.69) is 18.5 Å². The van der Waals surface area contributed by atoms with E-state index in [1.54, 1.807) is 13.2 Å². The molecule has 0 unspecified atom stereocenters. The van der Waals surface area contributed by atoms with Gasteiger partial charge in [-0.2, -0.15) is 0 Å². The van der Waals surface area contributed by atoms with Crippen LogP contribution < -0.4 is 5.32 Å². The zero-order chi connectivity index (χ0) is 11.5. The van der Waals surface area contributed by atoms with Gasteiger partial charge in [-0.15, -0.1) is 6.58 Å². The van der Waals surface area contributed by atoms with Crippen LogP contribution in [0.4, 0.5) is 0 Å². The average molecular weight is 227 g/mol. The van der Waals surface area contributed by atoms with Crippen molar-refractivity contribution in [3.05, 3.63) is 24.8 Å². The first kappa shape index (κ1) is 14.1. The molecule has 0 radical (unpaired) electrons. The molecule has 0 spiro atoms. The second-order valence-corrected chi connectivity index (χ2v) is 5.08. The van der Waals surface area contributed by atoms with E-state index in [1.165, 1.54) is 0 Å². The van der Waals surface area contributed by atoms with Crippen molar-refractivity contribution in [2.75, 3.05) is 13.7 Å². The van der Waals surface area contributed by atoms with Gasteiger partial charge < -0.3 is 9.74 Å². The summed E-state index contributed by atoms with van der Waals surface area (Å²) in [4.78, 5) is 11.4. The molecule has 0 aromatic carbocycles. The summed E-state index contributed by atoms with van der Waals surface area (Å²) in [6.07, 6.45) is 4.30. The molecule has 0 saturated carbocycles. The maximum Gasteiger partial charge on any atom is 0.246 e. The number of nitrogens with one attached hydrogen (secondary N) is 1. The van der Waals surface area contributed by atoms with Gasteiger partial charge in [0.1, 0.15) is 0 Å². The molecule has 0 bridgehead atoms. The monoisotopic (exact) mass is 227 g/mol. The summed E-state index contributed by atoms with van der Waals surface area (Å²) in [7, 11) is 1.40. The smallest absolute Gasteiger partial charge is 0.246 e. The second-order valence-electron chi connectivity index (χ2n) is 3.39. The fourth-order valence-corrected chi connectivity index (χ4v) is 1.83. The van der Waals surface area contributed by atoms with Crippen LogP contribution in [0.2, 0.25) is 6.04 Å². The molecular formula is C11H21NO2Si. The number of amides is 1. The maximum atomic E-state index is 11.4. The van der Waals surface area contributed by atoms with Crippen molar-refractivity contribution in [2.45, 2.75) is 25.3 Å². The molecule has 4 heteroatoms. The van der Waals surface area contributed by atoms with Gasteiger partial charge in [0.15, 0.2) is 9.76 Å². The van der Waals surface area contributed by atoms with Gasteiger partial charge in [0.25, 0.3) is 0 Å². The highest BCUT2D eigenvalue weighted by atomic mass is 28.2. The van der Waals surface area contributed by atoms with Crippen molar-refractivity contribution in [3.8, 4) is 0 Å². The molecule has 0 aromatic heterocycles. The highest BCUT2D eigenvalue weighted by Gasteiger charge is 2.04. The summed E-state index contributed by atoms with van der Waals surface area (Å²) in [5, 5.41) is 2.84. The number of carbonyl (C=O) groups excluding carboxylic acids is 1. The summed E-state index contributed by atoms with van der Waals surface area (Å²) >= 11 is 0. The van der Waals surface area contributed by atoms with Crippen molar-refractivity contribution < 1.29 is 9.22 Å². The summed E-state index contributed by atoms with van der Waals surface area (Å²) in [5.41, 5.74) is 0.638. The maximum absolute atomic E-state index is 11.4. The van der Waals surface area contributed by atoms with Crippen LogP contribution >= 0.6 is 0 Å². The third-order valence-electron chi connectivity index (χ3n) is 2.03. The van der Waals surface area contributed by atoms with Crippen LogP contribution in [0.25, 0.3) is 0 Å². The summed E-state index contributed by atoms with van der Waals surface area (Å²) in [6, 6.07) is 1.11. The van der Waals surface area contributed by atoms with E-state index in [9.17, 15) is 4.79 Å². The summed E-state index contributed by atoms with van der Waals surface area (Å²) < 4.78 is 5.05. The first-order valence-electron chi connectivity index (χ1n) is 5.28. The molecular weight excluding hydrogens is 206 g/mol. The minimum absolute atomic E-state index is 0.0315. The second kappa shape index (κ2) is 9.67. The van der Waals surface area contributed by atoms with Crippen LogP contribution in [0.15, 0.2) is 24.8 Å². The van der Waals surface area contributed by atoms with Gasteiger partial charge in [-0.1, -0.05) is 12.7 Å². The molecule has 15 heavy (non-hydrogen) atoms. The van der Waals surface area contributed by atoms with Crippen molar-refractivity contribution >= 4 is 15.7 Å². The van der Waals surface area contributed by atoms with E-state index >= 15 is 0 Å². The Balaban J connectivity index is 3.47. The van der Waals surface area contributed by atoms with E-state index in [0.29, 0.717) is 12.0 Å². The lowest BCUT2D eigenvalue weighted by atomic mass is 10.1. The Morgan fingerprint density at radius 1 is 1.60 bits per heavy atom. The first-order valence-corrected chi connectivity index (χ1v) is 6.86. The van der Waals surface area contributed by atoms with Gasteiger partial charge in [-0.05, 0) is 25.3 Å². The molecule has 1 amide bonds. The van der Waals surface area contributed by atoms with Crippen molar-refractivity contribution in [2.24, 2.45) is 0 Å². The van der Waals surface area contributed by atoms with Crippen LogP contribution in [0, 0.1) is 0 Å². The molecule has 86 valence electrons. The molecule has 0 aliphatic heterocycles.